The molecule has 1 atom stereocenters. The Hall–Kier alpha value is -4.79. The van der Waals surface area contributed by atoms with Crippen LogP contribution in [0.15, 0.2) is 48.7 Å². The second-order valence-corrected chi connectivity index (χ2v) is 11.0. The number of nitrogens with zero attached hydrogens (tertiary/aromatic N) is 4. The van der Waals surface area contributed by atoms with Crippen molar-refractivity contribution in [2.75, 3.05) is 7.11 Å². The molecular formula is C34H38N4O5. The maximum Gasteiger partial charge on any atom is 0.167 e. The van der Waals surface area contributed by atoms with Crippen molar-refractivity contribution in [3.05, 3.63) is 59.8 Å². The summed E-state index contributed by atoms with van der Waals surface area (Å²) in [4.78, 5) is 14.3. The van der Waals surface area contributed by atoms with E-state index in [9.17, 15) is 20.4 Å². The predicted octanol–water partition coefficient (Wildman–Crippen LogP) is 7.49. The van der Waals surface area contributed by atoms with Crippen molar-refractivity contribution in [1.82, 2.24) is 19.5 Å². The lowest BCUT2D eigenvalue weighted by atomic mass is 9.99. The minimum Gasteiger partial charge on any atom is -0.508 e. The SMILES string of the molecule is CCCCC(CC)Cn1cc(-c2nc(-c3ccc(O)c(C)c3O)nc(-c3ccc(O)c(C)c3O)n2)c2cc(OC)ccc21. The molecule has 3 aromatic carbocycles. The summed E-state index contributed by atoms with van der Waals surface area (Å²) in [5, 5.41) is 43.2. The Morgan fingerprint density at radius 2 is 1.33 bits per heavy atom. The van der Waals surface area contributed by atoms with Crippen molar-refractivity contribution in [2.45, 2.75) is 59.9 Å². The van der Waals surface area contributed by atoms with E-state index in [-0.39, 0.29) is 34.6 Å². The van der Waals surface area contributed by atoms with Crippen LogP contribution in [0.2, 0.25) is 0 Å². The summed E-state index contributed by atoms with van der Waals surface area (Å²) in [5.41, 5.74) is 2.96. The average molecular weight is 583 g/mol. The highest BCUT2D eigenvalue weighted by Crippen LogP contribution is 2.40. The minimum atomic E-state index is -0.153. The summed E-state index contributed by atoms with van der Waals surface area (Å²) >= 11 is 0. The molecule has 0 bridgehead atoms. The number of phenolic OH excluding ortho intramolecular Hbond substituents is 4. The molecule has 2 aromatic heterocycles. The Balaban J connectivity index is 1.77. The molecule has 0 saturated heterocycles. The molecule has 5 rings (SSSR count). The number of hydrogen-bond donors (Lipinski definition) is 4. The summed E-state index contributed by atoms with van der Waals surface area (Å²) in [6, 6.07) is 12.0. The lowest BCUT2D eigenvalue weighted by Crippen LogP contribution is -2.09. The van der Waals surface area contributed by atoms with Gasteiger partial charge in [-0.25, -0.2) is 15.0 Å². The third-order valence-corrected chi connectivity index (χ3v) is 8.25. The van der Waals surface area contributed by atoms with Gasteiger partial charge < -0.3 is 29.7 Å². The molecule has 0 aliphatic carbocycles. The molecule has 43 heavy (non-hydrogen) atoms. The highest BCUT2D eigenvalue weighted by molar-refractivity contribution is 5.96. The number of ether oxygens (including phenoxy) is 1. The van der Waals surface area contributed by atoms with Gasteiger partial charge in [0.15, 0.2) is 17.5 Å². The molecule has 0 fully saturated rings. The quantitative estimate of drug-likeness (QED) is 0.133. The van der Waals surface area contributed by atoms with E-state index in [2.05, 4.69) is 23.4 Å². The topological polar surface area (TPSA) is 134 Å². The average Bonchev–Trinajstić information content (AvgIpc) is 3.37. The molecule has 2 heterocycles. The third kappa shape index (κ3) is 5.67. The van der Waals surface area contributed by atoms with Crippen LogP contribution in [0.25, 0.3) is 45.1 Å². The van der Waals surface area contributed by atoms with Crippen LogP contribution in [0.1, 0.15) is 50.7 Å². The first kappa shape index (κ1) is 29.7. The second-order valence-electron chi connectivity index (χ2n) is 11.0. The standard InChI is InChI=1S/C34H38N4O5/c1-6-8-9-21(7-2)17-38-18-26(25-16-22(43-5)10-13-27(25)38)34-36-32(23-11-14-28(39)19(3)30(23)41)35-33(37-34)24-12-15-29(40)20(4)31(24)42/h10-16,18,21,39-42H,6-9,17H2,1-5H3. The molecule has 5 aromatic rings. The van der Waals surface area contributed by atoms with E-state index in [1.165, 1.54) is 18.6 Å². The molecular weight excluding hydrogens is 544 g/mol. The third-order valence-electron chi connectivity index (χ3n) is 8.25. The van der Waals surface area contributed by atoms with Crippen LogP contribution in [0.3, 0.4) is 0 Å². The van der Waals surface area contributed by atoms with Crippen LogP contribution >= 0.6 is 0 Å². The molecule has 224 valence electrons. The molecule has 0 radical (unpaired) electrons. The van der Waals surface area contributed by atoms with Gasteiger partial charge in [0.2, 0.25) is 0 Å². The van der Waals surface area contributed by atoms with Gasteiger partial charge in [-0.1, -0.05) is 33.1 Å². The van der Waals surface area contributed by atoms with Gasteiger partial charge in [0.1, 0.15) is 28.7 Å². The molecule has 4 N–H and O–H groups in total. The van der Waals surface area contributed by atoms with Gasteiger partial charge in [-0.2, -0.15) is 0 Å². The van der Waals surface area contributed by atoms with E-state index < -0.39 is 0 Å². The molecule has 9 heteroatoms. The van der Waals surface area contributed by atoms with Crippen LogP contribution in [-0.2, 0) is 6.54 Å². The fraction of sp³-hybridized carbons (Fsp3) is 0.324. The molecule has 1 unspecified atom stereocenters. The first-order valence-corrected chi connectivity index (χ1v) is 14.6. The van der Waals surface area contributed by atoms with Gasteiger partial charge in [0.25, 0.3) is 0 Å². The zero-order chi connectivity index (χ0) is 30.8. The van der Waals surface area contributed by atoms with Crippen LogP contribution in [0.5, 0.6) is 28.7 Å². The number of aromatic hydroxyl groups is 4. The number of benzene rings is 3. The first-order chi connectivity index (χ1) is 20.7. The van der Waals surface area contributed by atoms with E-state index >= 15 is 0 Å². The van der Waals surface area contributed by atoms with E-state index in [1.54, 1.807) is 33.1 Å². The lowest BCUT2D eigenvalue weighted by molar-refractivity contribution is 0.396. The van der Waals surface area contributed by atoms with E-state index in [0.29, 0.717) is 39.7 Å². The largest absolute Gasteiger partial charge is 0.508 e. The van der Waals surface area contributed by atoms with Gasteiger partial charge in [-0.05, 0) is 68.7 Å². The number of unbranched alkanes of at least 4 members (excludes halogenated alkanes) is 1. The smallest absolute Gasteiger partial charge is 0.167 e. The van der Waals surface area contributed by atoms with Crippen molar-refractivity contribution in [3.63, 3.8) is 0 Å². The van der Waals surface area contributed by atoms with Gasteiger partial charge >= 0.3 is 0 Å². The van der Waals surface area contributed by atoms with Gasteiger partial charge in [-0.15, -0.1) is 0 Å². The molecule has 9 nitrogen and oxygen atoms in total. The zero-order valence-corrected chi connectivity index (χ0v) is 25.2. The Labute approximate surface area is 251 Å². The predicted molar refractivity (Wildman–Crippen MR) is 168 cm³/mol. The van der Waals surface area contributed by atoms with Crippen molar-refractivity contribution in [3.8, 4) is 62.9 Å². The fourth-order valence-corrected chi connectivity index (χ4v) is 5.41. The van der Waals surface area contributed by atoms with Gasteiger partial charge in [0, 0.05) is 40.3 Å². The number of rotatable bonds is 10. The number of fused-ring (bicyclic) bond motifs is 1. The zero-order valence-electron chi connectivity index (χ0n) is 25.2. The molecule has 0 spiro atoms. The molecule has 0 saturated carbocycles. The Morgan fingerprint density at radius 3 is 1.84 bits per heavy atom. The monoisotopic (exact) mass is 582 g/mol. The normalized spacial score (nSPS) is 12.1. The maximum atomic E-state index is 11.0. The maximum absolute atomic E-state index is 11.0. The van der Waals surface area contributed by atoms with Crippen LogP contribution in [0, 0.1) is 19.8 Å². The summed E-state index contributed by atoms with van der Waals surface area (Å²) in [7, 11) is 1.63. The Kier molecular flexibility index (Phi) is 8.43. The number of hydrogen-bond acceptors (Lipinski definition) is 8. The van der Waals surface area contributed by atoms with Gasteiger partial charge in [-0.3, -0.25) is 0 Å². The van der Waals surface area contributed by atoms with Crippen molar-refractivity contribution >= 4 is 10.9 Å². The number of aromatic nitrogens is 4. The summed E-state index contributed by atoms with van der Waals surface area (Å²) in [6.07, 6.45) is 6.56. The van der Waals surface area contributed by atoms with E-state index in [4.69, 9.17) is 14.7 Å². The Bertz CT molecular complexity index is 1720. The van der Waals surface area contributed by atoms with Crippen molar-refractivity contribution < 1.29 is 25.2 Å². The van der Waals surface area contributed by atoms with E-state index in [1.807, 2.05) is 24.4 Å². The van der Waals surface area contributed by atoms with Crippen molar-refractivity contribution in [1.29, 1.82) is 0 Å². The number of methoxy groups -OCH3 is 1. The number of phenols is 4. The summed E-state index contributed by atoms with van der Waals surface area (Å²) < 4.78 is 7.81. The first-order valence-electron chi connectivity index (χ1n) is 14.6. The Morgan fingerprint density at radius 1 is 0.767 bits per heavy atom. The van der Waals surface area contributed by atoms with E-state index in [0.717, 1.165) is 42.3 Å². The highest BCUT2D eigenvalue weighted by Gasteiger charge is 2.22. The molecule has 0 amide bonds. The second kappa shape index (κ2) is 12.2. The molecule has 0 aliphatic heterocycles. The highest BCUT2D eigenvalue weighted by atomic mass is 16.5. The fourth-order valence-electron chi connectivity index (χ4n) is 5.41. The summed E-state index contributed by atoms with van der Waals surface area (Å²) in [6.45, 7) is 8.47. The van der Waals surface area contributed by atoms with Gasteiger partial charge in [0.05, 0.1) is 18.2 Å². The minimum absolute atomic E-state index is 0.0497. The molecule has 0 aliphatic rings. The lowest BCUT2D eigenvalue weighted by Gasteiger charge is -2.16. The van der Waals surface area contributed by atoms with Crippen molar-refractivity contribution in [2.24, 2.45) is 5.92 Å². The van der Waals surface area contributed by atoms with Crippen LogP contribution in [0.4, 0.5) is 0 Å². The van der Waals surface area contributed by atoms with Crippen LogP contribution in [-0.4, -0.2) is 47.1 Å². The van der Waals surface area contributed by atoms with Crippen LogP contribution < -0.4 is 4.74 Å². The summed E-state index contributed by atoms with van der Waals surface area (Å²) in [5.74, 6) is 1.47.